The van der Waals surface area contributed by atoms with E-state index in [2.05, 4.69) is 22.6 Å². The largest absolute Gasteiger partial charge is 0.394 e. The van der Waals surface area contributed by atoms with E-state index in [1.165, 1.54) is 0 Å². The van der Waals surface area contributed by atoms with Crippen molar-refractivity contribution in [2.45, 2.75) is 11.9 Å². The maximum absolute atomic E-state index is 5.59. The van der Waals surface area contributed by atoms with Crippen LogP contribution in [0.25, 0.3) is 0 Å². The van der Waals surface area contributed by atoms with E-state index in [4.69, 9.17) is 17.3 Å². The van der Waals surface area contributed by atoms with Crippen LogP contribution < -0.4 is 5.73 Å². The van der Waals surface area contributed by atoms with Gasteiger partial charge in [0.05, 0.1) is 0 Å². The second-order valence-corrected chi connectivity index (χ2v) is 2.58. The molecule has 2 N–H and O–H groups in total. The lowest BCUT2D eigenvalue weighted by Gasteiger charge is -1.99. The fraction of sp³-hybridized carbons (Fsp3) is 0.200. The molecule has 3 nitrogen and oxygen atoms in total. The Labute approximate surface area is 69.0 Å². The SMILES string of the molecule is Cc1nc(S)c(N)c(Cl)n1. The lowest BCUT2D eigenvalue weighted by Crippen LogP contribution is -1.96. The summed E-state index contributed by atoms with van der Waals surface area (Å²) >= 11 is 9.57. The summed E-state index contributed by atoms with van der Waals surface area (Å²) < 4.78 is 0. The van der Waals surface area contributed by atoms with E-state index in [0.717, 1.165) is 0 Å². The fourth-order valence-electron chi connectivity index (χ4n) is 0.533. The highest BCUT2D eigenvalue weighted by Gasteiger charge is 2.02. The molecule has 54 valence electrons. The Hall–Kier alpha value is -0.480. The summed E-state index contributed by atoms with van der Waals surface area (Å²) in [5.41, 5.74) is 5.75. The Bertz CT molecular complexity index is 240. The van der Waals surface area contributed by atoms with Gasteiger partial charge in [-0.25, -0.2) is 9.97 Å². The van der Waals surface area contributed by atoms with E-state index < -0.39 is 0 Å². The molecule has 10 heavy (non-hydrogen) atoms. The van der Waals surface area contributed by atoms with Crippen molar-refractivity contribution in [1.82, 2.24) is 9.97 Å². The lowest BCUT2D eigenvalue weighted by atomic mass is 10.5. The van der Waals surface area contributed by atoms with Gasteiger partial charge in [-0.05, 0) is 6.92 Å². The van der Waals surface area contributed by atoms with Gasteiger partial charge in [-0.2, -0.15) is 0 Å². The summed E-state index contributed by atoms with van der Waals surface area (Å²) in [5.74, 6) is 0.573. The van der Waals surface area contributed by atoms with Crippen molar-refractivity contribution in [3.8, 4) is 0 Å². The topological polar surface area (TPSA) is 51.8 Å². The predicted octanol–water partition coefficient (Wildman–Crippen LogP) is 1.31. The van der Waals surface area contributed by atoms with Gasteiger partial charge in [0.25, 0.3) is 0 Å². The second kappa shape index (κ2) is 2.64. The van der Waals surface area contributed by atoms with Crippen molar-refractivity contribution in [3.63, 3.8) is 0 Å². The molecule has 5 heteroatoms. The number of hydrogen-bond acceptors (Lipinski definition) is 4. The average molecular weight is 176 g/mol. The molecule has 0 aliphatic carbocycles. The first kappa shape index (κ1) is 7.63. The minimum Gasteiger partial charge on any atom is -0.394 e. The smallest absolute Gasteiger partial charge is 0.156 e. The summed E-state index contributed by atoms with van der Waals surface area (Å²) in [6, 6.07) is 0. The van der Waals surface area contributed by atoms with Crippen LogP contribution in [0, 0.1) is 6.92 Å². The zero-order valence-electron chi connectivity index (χ0n) is 5.30. The minimum absolute atomic E-state index is 0.262. The van der Waals surface area contributed by atoms with Crippen molar-refractivity contribution in [3.05, 3.63) is 11.0 Å². The highest BCUT2D eigenvalue weighted by Crippen LogP contribution is 2.21. The molecule has 1 aromatic heterocycles. The van der Waals surface area contributed by atoms with Gasteiger partial charge in [0.1, 0.15) is 16.5 Å². The van der Waals surface area contributed by atoms with Crippen molar-refractivity contribution in [1.29, 1.82) is 0 Å². The van der Waals surface area contributed by atoms with Gasteiger partial charge in [-0.1, -0.05) is 11.6 Å². The molecule has 0 unspecified atom stereocenters. The first-order valence-electron chi connectivity index (χ1n) is 2.60. The summed E-state index contributed by atoms with van der Waals surface area (Å²) in [6.45, 7) is 1.73. The molecule has 0 aliphatic heterocycles. The van der Waals surface area contributed by atoms with Gasteiger partial charge in [0.2, 0.25) is 0 Å². The lowest BCUT2D eigenvalue weighted by molar-refractivity contribution is 0.979. The highest BCUT2D eigenvalue weighted by atomic mass is 35.5. The predicted molar refractivity (Wildman–Crippen MR) is 43.4 cm³/mol. The summed E-state index contributed by atoms with van der Waals surface area (Å²) in [4.78, 5) is 7.69. The maximum Gasteiger partial charge on any atom is 0.156 e. The van der Waals surface area contributed by atoms with E-state index in [9.17, 15) is 0 Å². The normalized spacial score (nSPS) is 9.90. The molecule has 0 atom stereocenters. The van der Waals surface area contributed by atoms with E-state index in [1.54, 1.807) is 6.92 Å². The summed E-state index contributed by atoms with van der Waals surface area (Å²) in [7, 11) is 0. The number of nitrogens with zero attached hydrogens (tertiary/aromatic N) is 2. The number of thiol groups is 1. The molecule has 0 radical (unpaired) electrons. The first-order chi connectivity index (χ1) is 4.61. The number of aryl methyl sites for hydroxylation is 1. The Balaban J connectivity index is 3.31. The van der Waals surface area contributed by atoms with E-state index in [0.29, 0.717) is 16.5 Å². The molecule has 0 bridgehead atoms. The molecule has 0 fully saturated rings. The van der Waals surface area contributed by atoms with E-state index in [-0.39, 0.29) is 5.15 Å². The molecular weight excluding hydrogens is 170 g/mol. The van der Waals surface area contributed by atoms with Gasteiger partial charge < -0.3 is 5.73 Å². The third kappa shape index (κ3) is 1.33. The van der Waals surface area contributed by atoms with Gasteiger partial charge in [-0.3, -0.25) is 0 Å². The first-order valence-corrected chi connectivity index (χ1v) is 3.42. The summed E-state index contributed by atoms with van der Waals surface area (Å²) in [5, 5.41) is 0.690. The zero-order chi connectivity index (χ0) is 7.72. The molecule has 0 amide bonds. The Morgan fingerprint density at radius 3 is 2.60 bits per heavy atom. The fourth-order valence-corrected chi connectivity index (χ4v) is 1.06. The average Bonchev–Trinajstić information content (AvgIpc) is 1.82. The Morgan fingerprint density at radius 1 is 1.50 bits per heavy atom. The van der Waals surface area contributed by atoms with Crippen molar-refractivity contribution < 1.29 is 0 Å². The number of hydrogen-bond donors (Lipinski definition) is 2. The van der Waals surface area contributed by atoms with Gasteiger partial charge in [-0.15, -0.1) is 12.6 Å². The number of nitrogens with two attached hydrogens (primary N) is 1. The van der Waals surface area contributed by atoms with Crippen LogP contribution in [0.4, 0.5) is 5.69 Å². The van der Waals surface area contributed by atoms with Crippen LogP contribution in [0.15, 0.2) is 5.03 Å². The molecule has 1 rings (SSSR count). The number of nitrogen functional groups attached to an aromatic ring is 1. The van der Waals surface area contributed by atoms with E-state index in [1.807, 2.05) is 0 Å². The van der Waals surface area contributed by atoms with Crippen molar-refractivity contribution in [2.24, 2.45) is 0 Å². The van der Waals surface area contributed by atoms with Crippen LogP contribution in [0.1, 0.15) is 5.82 Å². The van der Waals surface area contributed by atoms with Gasteiger partial charge >= 0.3 is 0 Å². The van der Waals surface area contributed by atoms with E-state index >= 15 is 0 Å². The molecule has 0 saturated carbocycles. The molecule has 0 aromatic carbocycles. The van der Waals surface area contributed by atoms with Crippen LogP contribution in [0.5, 0.6) is 0 Å². The Morgan fingerprint density at radius 2 is 2.10 bits per heavy atom. The second-order valence-electron chi connectivity index (χ2n) is 1.80. The number of rotatable bonds is 0. The molecule has 0 spiro atoms. The van der Waals surface area contributed by atoms with Crippen LogP contribution in [0.3, 0.4) is 0 Å². The molecule has 0 saturated heterocycles. The third-order valence-electron chi connectivity index (χ3n) is 0.991. The molecule has 1 aromatic rings. The van der Waals surface area contributed by atoms with Crippen LogP contribution >= 0.6 is 24.2 Å². The van der Waals surface area contributed by atoms with Crippen molar-refractivity contribution in [2.75, 3.05) is 5.73 Å². The molecular formula is C5H6ClN3S. The number of aromatic nitrogens is 2. The zero-order valence-corrected chi connectivity index (χ0v) is 6.95. The third-order valence-corrected chi connectivity index (χ3v) is 1.62. The van der Waals surface area contributed by atoms with Crippen LogP contribution in [-0.2, 0) is 0 Å². The highest BCUT2D eigenvalue weighted by molar-refractivity contribution is 7.80. The number of halogens is 1. The van der Waals surface area contributed by atoms with Gasteiger partial charge in [0.15, 0.2) is 5.15 Å². The molecule has 1 heterocycles. The Kier molecular flexibility index (Phi) is 2.01. The van der Waals surface area contributed by atoms with Crippen LogP contribution in [0.2, 0.25) is 5.15 Å². The monoisotopic (exact) mass is 175 g/mol. The number of anilines is 1. The minimum atomic E-state index is 0.262. The maximum atomic E-state index is 5.59. The summed E-state index contributed by atoms with van der Waals surface area (Å²) in [6.07, 6.45) is 0. The van der Waals surface area contributed by atoms with Crippen LogP contribution in [-0.4, -0.2) is 9.97 Å². The van der Waals surface area contributed by atoms with Crippen molar-refractivity contribution >= 4 is 29.9 Å². The molecule has 0 aliphatic rings. The van der Waals surface area contributed by atoms with Gasteiger partial charge in [0, 0.05) is 0 Å². The quantitative estimate of drug-likeness (QED) is 0.462. The standard InChI is InChI=1S/C5H6ClN3S/c1-2-8-4(6)3(7)5(10)9-2/h7H2,1H3,(H,8,9,10).